The van der Waals surface area contributed by atoms with E-state index in [4.69, 9.17) is 4.74 Å². The largest absolute Gasteiger partial charge is 0.497 e. The van der Waals surface area contributed by atoms with Gasteiger partial charge in [-0.25, -0.2) is 5.01 Å². The summed E-state index contributed by atoms with van der Waals surface area (Å²) < 4.78 is 44.2. The number of methoxy groups -OCH3 is 1. The SMILES string of the molecule is COc1ccc(CC(=O)N2N=C(C(F)(F)F)C[C@]2(O)C(C)(C)C)cc1. The zero-order valence-electron chi connectivity index (χ0n) is 14.5. The summed E-state index contributed by atoms with van der Waals surface area (Å²) in [5.41, 5.74) is -3.63. The van der Waals surface area contributed by atoms with Crippen molar-refractivity contribution >= 4 is 11.6 Å². The number of aliphatic hydroxyl groups is 1. The molecule has 0 spiro atoms. The summed E-state index contributed by atoms with van der Waals surface area (Å²) in [5, 5.41) is 14.8. The first-order valence-electron chi connectivity index (χ1n) is 7.71. The fourth-order valence-corrected chi connectivity index (χ4v) is 2.54. The van der Waals surface area contributed by atoms with Gasteiger partial charge in [-0.2, -0.15) is 18.3 Å². The van der Waals surface area contributed by atoms with Gasteiger partial charge in [0.2, 0.25) is 5.91 Å². The summed E-state index contributed by atoms with van der Waals surface area (Å²) in [6.07, 6.45) is -5.64. The zero-order valence-corrected chi connectivity index (χ0v) is 14.5. The molecule has 0 aromatic heterocycles. The van der Waals surface area contributed by atoms with Crippen LogP contribution in [0, 0.1) is 5.41 Å². The van der Waals surface area contributed by atoms with E-state index in [0.29, 0.717) is 16.3 Å². The van der Waals surface area contributed by atoms with Crippen LogP contribution in [-0.2, 0) is 11.2 Å². The van der Waals surface area contributed by atoms with Gasteiger partial charge < -0.3 is 9.84 Å². The van der Waals surface area contributed by atoms with E-state index in [2.05, 4.69) is 5.10 Å². The molecule has 5 nitrogen and oxygen atoms in total. The first-order valence-corrected chi connectivity index (χ1v) is 7.71. The minimum atomic E-state index is -4.70. The van der Waals surface area contributed by atoms with Gasteiger partial charge in [-0.05, 0) is 17.7 Å². The lowest BCUT2D eigenvalue weighted by Crippen LogP contribution is -2.55. The van der Waals surface area contributed by atoms with Gasteiger partial charge in [0.25, 0.3) is 0 Å². The molecule has 1 heterocycles. The molecule has 8 heteroatoms. The van der Waals surface area contributed by atoms with Gasteiger partial charge in [-0.15, -0.1) is 0 Å². The van der Waals surface area contributed by atoms with E-state index in [9.17, 15) is 23.1 Å². The minimum absolute atomic E-state index is 0.184. The number of halogens is 3. The number of rotatable bonds is 3. The number of carbonyl (C=O) groups is 1. The summed E-state index contributed by atoms with van der Waals surface area (Å²) in [6, 6.07) is 6.56. The fraction of sp³-hybridized carbons (Fsp3) is 0.529. The molecule has 1 aromatic rings. The van der Waals surface area contributed by atoms with Gasteiger partial charge in [0.15, 0.2) is 5.72 Å². The van der Waals surface area contributed by atoms with Crippen LogP contribution < -0.4 is 4.74 Å². The maximum Gasteiger partial charge on any atom is 0.431 e. The lowest BCUT2D eigenvalue weighted by atomic mass is 9.80. The molecule has 1 aliphatic rings. The molecule has 0 bridgehead atoms. The number of ether oxygens (including phenoxy) is 1. The third-order valence-corrected chi connectivity index (χ3v) is 4.26. The van der Waals surface area contributed by atoms with E-state index >= 15 is 0 Å². The Labute approximate surface area is 144 Å². The van der Waals surface area contributed by atoms with Gasteiger partial charge in [-0.1, -0.05) is 32.9 Å². The van der Waals surface area contributed by atoms with Crippen molar-refractivity contribution in [3.8, 4) is 5.75 Å². The number of hydrogen-bond acceptors (Lipinski definition) is 4. The molecule has 1 amide bonds. The number of nitrogens with zero attached hydrogens (tertiary/aromatic N) is 2. The molecule has 0 aliphatic carbocycles. The number of benzene rings is 1. The third kappa shape index (κ3) is 3.78. The fourth-order valence-electron chi connectivity index (χ4n) is 2.54. The smallest absolute Gasteiger partial charge is 0.431 e. The highest BCUT2D eigenvalue weighted by Crippen LogP contribution is 2.43. The van der Waals surface area contributed by atoms with Crippen LogP contribution in [0.25, 0.3) is 0 Å². The van der Waals surface area contributed by atoms with Crippen LogP contribution in [0.5, 0.6) is 5.75 Å². The lowest BCUT2D eigenvalue weighted by molar-refractivity contribution is -0.181. The normalized spacial score (nSPS) is 21.3. The minimum Gasteiger partial charge on any atom is -0.497 e. The Kier molecular flexibility index (Phi) is 4.87. The number of hydrogen-bond donors (Lipinski definition) is 1. The van der Waals surface area contributed by atoms with E-state index in [-0.39, 0.29) is 6.42 Å². The summed E-state index contributed by atoms with van der Waals surface area (Å²) >= 11 is 0. The predicted octanol–water partition coefficient (Wildman–Crippen LogP) is 3.12. The number of amides is 1. The highest BCUT2D eigenvalue weighted by molar-refractivity contribution is 5.94. The quantitative estimate of drug-likeness (QED) is 0.903. The summed E-state index contributed by atoms with van der Waals surface area (Å²) in [7, 11) is 1.50. The molecule has 1 aromatic carbocycles. The van der Waals surface area contributed by atoms with Crippen LogP contribution in [0.3, 0.4) is 0 Å². The van der Waals surface area contributed by atoms with Crippen LogP contribution in [0.1, 0.15) is 32.8 Å². The molecular weight excluding hydrogens is 337 g/mol. The molecule has 1 N–H and O–H groups in total. The molecule has 0 saturated heterocycles. The molecule has 0 saturated carbocycles. The zero-order chi connectivity index (χ0) is 19.0. The van der Waals surface area contributed by atoms with E-state index < -0.39 is 35.4 Å². The Hall–Kier alpha value is -2.09. The first-order chi connectivity index (χ1) is 11.4. The van der Waals surface area contributed by atoms with Crippen LogP contribution in [-0.4, -0.2) is 40.7 Å². The van der Waals surface area contributed by atoms with Crippen molar-refractivity contribution in [3.05, 3.63) is 29.8 Å². The molecular formula is C17H21F3N2O3. The number of hydrazone groups is 1. The summed E-state index contributed by atoms with van der Waals surface area (Å²) in [4.78, 5) is 12.6. The Morgan fingerprint density at radius 1 is 1.28 bits per heavy atom. The first kappa shape index (κ1) is 19.2. The molecule has 138 valence electrons. The topological polar surface area (TPSA) is 62.1 Å². The van der Waals surface area contributed by atoms with Crippen molar-refractivity contribution in [1.29, 1.82) is 0 Å². The van der Waals surface area contributed by atoms with Gasteiger partial charge in [0, 0.05) is 11.8 Å². The van der Waals surface area contributed by atoms with Crippen LogP contribution in [0.4, 0.5) is 13.2 Å². The van der Waals surface area contributed by atoms with Crippen molar-refractivity contribution in [2.24, 2.45) is 10.5 Å². The second kappa shape index (κ2) is 6.33. The van der Waals surface area contributed by atoms with E-state index in [1.54, 1.807) is 45.0 Å². The van der Waals surface area contributed by atoms with Gasteiger partial charge in [0.05, 0.1) is 13.5 Å². The van der Waals surface area contributed by atoms with Crippen LogP contribution in [0.2, 0.25) is 0 Å². The monoisotopic (exact) mass is 358 g/mol. The van der Waals surface area contributed by atoms with Gasteiger partial charge in [0.1, 0.15) is 11.5 Å². The second-order valence-corrected chi connectivity index (χ2v) is 7.02. The Balaban J connectivity index is 2.30. The standard InChI is InChI=1S/C17H21F3N2O3/c1-15(2,3)16(24)10-13(17(18,19)20)21-22(16)14(23)9-11-5-7-12(25-4)8-6-11/h5-8,24H,9-10H2,1-4H3/t16-/m0/s1. The third-order valence-electron chi connectivity index (χ3n) is 4.26. The summed E-state index contributed by atoms with van der Waals surface area (Å²) in [6.45, 7) is 4.69. The molecule has 0 fully saturated rings. The Morgan fingerprint density at radius 2 is 1.84 bits per heavy atom. The van der Waals surface area contributed by atoms with E-state index in [1.807, 2.05) is 0 Å². The van der Waals surface area contributed by atoms with Crippen molar-refractivity contribution in [2.45, 2.75) is 45.5 Å². The molecule has 1 atom stereocenters. The average Bonchev–Trinajstić information content (AvgIpc) is 2.87. The summed E-state index contributed by atoms with van der Waals surface area (Å²) in [5.74, 6) is -0.109. The van der Waals surface area contributed by atoms with Crippen molar-refractivity contribution in [1.82, 2.24) is 5.01 Å². The van der Waals surface area contributed by atoms with Gasteiger partial charge >= 0.3 is 6.18 Å². The van der Waals surface area contributed by atoms with Gasteiger partial charge in [-0.3, -0.25) is 4.79 Å². The van der Waals surface area contributed by atoms with E-state index in [0.717, 1.165) is 0 Å². The number of alkyl halides is 3. The average molecular weight is 358 g/mol. The van der Waals surface area contributed by atoms with Crippen molar-refractivity contribution in [3.63, 3.8) is 0 Å². The highest BCUT2D eigenvalue weighted by Gasteiger charge is 2.57. The van der Waals surface area contributed by atoms with Crippen LogP contribution in [0.15, 0.2) is 29.4 Å². The molecule has 25 heavy (non-hydrogen) atoms. The maximum atomic E-state index is 13.0. The molecule has 2 rings (SSSR count). The number of carbonyl (C=O) groups excluding carboxylic acids is 1. The van der Waals surface area contributed by atoms with Crippen LogP contribution >= 0.6 is 0 Å². The maximum absolute atomic E-state index is 13.0. The Bertz CT molecular complexity index is 678. The highest BCUT2D eigenvalue weighted by atomic mass is 19.4. The Morgan fingerprint density at radius 3 is 2.28 bits per heavy atom. The second-order valence-electron chi connectivity index (χ2n) is 7.02. The van der Waals surface area contributed by atoms with Crippen molar-refractivity contribution in [2.75, 3.05) is 7.11 Å². The molecule has 1 aliphatic heterocycles. The lowest BCUT2D eigenvalue weighted by Gasteiger charge is -2.41. The van der Waals surface area contributed by atoms with Crippen molar-refractivity contribution < 1.29 is 27.8 Å². The molecule has 0 radical (unpaired) electrons. The molecule has 0 unspecified atom stereocenters. The van der Waals surface area contributed by atoms with E-state index in [1.165, 1.54) is 7.11 Å². The predicted molar refractivity (Wildman–Crippen MR) is 86.1 cm³/mol.